The van der Waals surface area contributed by atoms with Crippen LogP contribution >= 0.6 is 0 Å². The second-order valence-electron chi connectivity index (χ2n) is 12.6. The molecule has 0 fully saturated rings. The number of fused-ring (bicyclic) bond motifs is 6. The summed E-state index contributed by atoms with van der Waals surface area (Å²) in [7, 11) is 0. The van der Waals surface area contributed by atoms with Crippen molar-refractivity contribution in [2.45, 2.75) is 26.2 Å². The zero-order valence-electron chi connectivity index (χ0n) is 22.2. The molecule has 39 heavy (non-hydrogen) atoms. The van der Waals surface area contributed by atoms with Gasteiger partial charge in [0.05, 0.1) is 5.69 Å². The second kappa shape index (κ2) is 6.38. The average molecular weight is 496 g/mol. The van der Waals surface area contributed by atoms with Gasteiger partial charge in [0.1, 0.15) is 0 Å². The molecule has 4 heterocycles. The summed E-state index contributed by atoms with van der Waals surface area (Å²) in [6, 6.07) is 32.6. The topological polar surface area (TPSA) is 9.86 Å². The molecule has 2 aliphatic rings. The quantitative estimate of drug-likeness (QED) is 0.150. The zero-order chi connectivity index (χ0) is 25.8. The molecule has 0 unspecified atom stereocenters. The van der Waals surface area contributed by atoms with Crippen LogP contribution in [0.4, 0.5) is 0 Å². The molecule has 0 atom stereocenters. The van der Waals surface area contributed by atoms with Gasteiger partial charge in [0.25, 0.3) is 0 Å². The largest absolute Gasteiger partial charge is 0.382 e. The van der Waals surface area contributed by atoms with E-state index in [0.29, 0.717) is 0 Å². The van der Waals surface area contributed by atoms with Crippen LogP contribution in [-0.4, -0.2) is 15.9 Å². The predicted octanol–water partition coefficient (Wildman–Crippen LogP) is 7.73. The van der Waals surface area contributed by atoms with Crippen molar-refractivity contribution in [1.29, 1.82) is 0 Å². The molecule has 0 bridgehead atoms. The number of para-hydroxylation sites is 2. The third-order valence-electron chi connectivity index (χ3n) is 9.60. The van der Waals surface area contributed by atoms with Gasteiger partial charge in [0, 0.05) is 33.6 Å². The monoisotopic (exact) mass is 496 g/mol. The van der Waals surface area contributed by atoms with Gasteiger partial charge in [0.15, 0.2) is 0 Å². The molecule has 2 nitrogen and oxygen atoms in total. The Hall–Kier alpha value is -4.50. The molecule has 0 amide bonds. The molecule has 0 radical (unpaired) electrons. The van der Waals surface area contributed by atoms with Crippen molar-refractivity contribution in [1.82, 2.24) is 9.05 Å². The van der Waals surface area contributed by atoms with Crippen molar-refractivity contribution in [3.05, 3.63) is 103 Å². The van der Waals surface area contributed by atoms with Crippen molar-refractivity contribution >= 4 is 71.9 Å². The SMILES string of the molecule is CC(C)(C)c1cc2ccc3c4c5c(c6ccc(c1)c2c36)-n1ccc2cccc(c21)B5n1ccc2cccc-4c21. The van der Waals surface area contributed by atoms with E-state index in [0.717, 1.165) is 0 Å². The molecule has 0 aliphatic carbocycles. The molecule has 2 aromatic heterocycles. The molecule has 6 aromatic carbocycles. The van der Waals surface area contributed by atoms with E-state index in [4.69, 9.17) is 0 Å². The summed E-state index contributed by atoms with van der Waals surface area (Å²) in [5, 5.41) is 10.8. The number of hydrogen-bond acceptors (Lipinski definition) is 0. The fraction of sp³-hybridized carbons (Fsp3) is 0.111. The summed E-state index contributed by atoms with van der Waals surface area (Å²) in [6.07, 6.45) is 4.60. The number of aromatic nitrogens is 2. The average Bonchev–Trinajstić information content (AvgIpc) is 3.57. The highest BCUT2D eigenvalue weighted by Crippen LogP contribution is 2.47. The summed E-state index contributed by atoms with van der Waals surface area (Å²) < 4.78 is 5.02. The highest BCUT2D eigenvalue weighted by atomic mass is 15.0. The van der Waals surface area contributed by atoms with Crippen molar-refractivity contribution in [3.63, 3.8) is 0 Å². The van der Waals surface area contributed by atoms with Crippen LogP contribution in [0.1, 0.15) is 26.3 Å². The Kier molecular flexibility index (Phi) is 3.35. The smallest absolute Gasteiger partial charge is 0.332 e. The van der Waals surface area contributed by atoms with Gasteiger partial charge in [-0.05, 0) is 78.1 Å². The van der Waals surface area contributed by atoms with E-state index in [-0.39, 0.29) is 12.3 Å². The molecule has 8 aromatic rings. The summed E-state index contributed by atoms with van der Waals surface area (Å²) in [6.45, 7) is 7.09. The molecule has 0 saturated carbocycles. The highest BCUT2D eigenvalue weighted by molar-refractivity contribution is 6.90. The van der Waals surface area contributed by atoms with E-state index in [9.17, 15) is 0 Å². The number of rotatable bonds is 0. The van der Waals surface area contributed by atoms with Crippen LogP contribution in [0, 0.1) is 0 Å². The minimum absolute atomic E-state index is 0.102. The lowest BCUT2D eigenvalue weighted by Gasteiger charge is -2.35. The van der Waals surface area contributed by atoms with E-state index in [1.165, 1.54) is 87.4 Å². The summed E-state index contributed by atoms with van der Waals surface area (Å²) in [5.41, 5.74) is 11.1. The first-order valence-electron chi connectivity index (χ1n) is 14.0. The summed E-state index contributed by atoms with van der Waals surface area (Å²) in [5.74, 6) is 0. The summed E-state index contributed by atoms with van der Waals surface area (Å²) >= 11 is 0. The van der Waals surface area contributed by atoms with Gasteiger partial charge in [-0.2, -0.15) is 0 Å². The van der Waals surface area contributed by atoms with Crippen molar-refractivity contribution in [2.24, 2.45) is 0 Å². The van der Waals surface area contributed by atoms with Gasteiger partial charge < -0.3 is 9.05 Å². The van der Waals surface area contributed by atoms with Crippen LogP contribution in [0.3, 0.4) is 0 Å². The first-order chi connectivity index (χ1) is 19.0. The van der Waals surface area contributed by atoms with E-state index >= 15 is 0 Å². The predicted molar refractivity (Wildman–Crippen MR) is 167 cm³/mol. The maximum absolute atomic E-state index is 2.54. The third kappa shape index (κ3) is 2.25. The zero-order valence-corrected chi connectivity index (χ0v) is 22.2. The number of hydrogen-bond donors (Lipinski definition) is 0. The third-order valence-corrected chi connectivity index (χ3v) is 9.60. The number of nitrogens with zero attached hydrogens (tertiary/aromatic N) is 2. The Morgan fingerprint density at radius 1 is 0.641 bits per heavy atom. The van der Waals surface area contributed by atoms with Gasteiger partial charge in [-0.3, -0.25) is 0 Å². The van der Waals surface area contributed by atoms with Crippen LogP contribution in [0.5, 0.6) is 0 Å². The van der Waals surface area contributed by atoms with Gasteiger partial charge in [0.2, 0.25) is 0 Å². The Balaban J connectivity index is 1.50. The Morgan fingerprint density at radius 2 is 1.36 bits per heavy atom. The molecule has 182 valence electrons. The first kappa shape index (κ1) is 20.5. The Labute approximate surface area is 226 Å². The van der Waals surface area contributed by atoms with Gasteiger partial charge in [-0.25, -0.2) is 0 Å². The molecule has 3 heteroatoms. The molecule has 10 rings (SSSR count). The van der Waals surface area contributed by atoms with Crippen LogP contribution in [-0.2, 0) is 5.41 Å². The van der Waals surface area contributed by atoms with Crippen molar-refractivity contribution in [2.75, 3.05) is 0 Å². The lowest BCUT2D eigenvalue weighted by Crippen LogP contribution is -2.55. The van der Waals surface area contributed by atoms with Gasteiger partial charge in [-0.15, -0.1) is 0 Å². The molecular formula is C36H25BN2. The van der Waals surface area contributed by atoms with Crippen molar-refractivity contribution < 1.29 is 0 Å². The van der Waals surface area contributed by atoms with E-state index < -0.39 is 0 Å². The van der Waals surface area contributed by atoms with Crippen LogP contribution in [0.2, 0.25) is 0 Å². The Morgan fingerprint density at radius 3 is 2.15 bits per heavy atom. The lowest BCUT2D eigenvalue weighted by molar-refractivity contribution is 0.591. The molecular weight excluding hydrogens is 471 g/mol. The normalized spacial score (nSPS) is 14.0. The second-order valence-corrected chi connectivity index (χ2v) is 12.6. The highest BCUT2D eigenvalue weighted by Gasteiger charge is 2.41. The van der Waals surface area contributed by atoms with Gasteiger partial charge in [-0.1, -0.05) is 93.6 Å². The first-order valence-corrected chi connectivity index (χ1v) is 14.0. The lowest BCUT2D eigenvalue weighted by atomic mass is 9.45. The molecule has 0 spiro atoms. The standard InChI is InChI=1S/C36H25BN2/c1-36(2,3)24-18-22-10-12-25-30-27(13-11-23(19-24)29(22)30)35-32-31(25)26-8-4-6-20-15-17-39(33(20)26)37(32)28-9-5-7-21-14-16-38(35)34(21)28/h4-19H,1-3H3. The minimum atomic E-state index is 0.102. The molecule has 2 aliphatic heterocycles. The van der Waals surface area contributed by atoms with E-state index in [1.807, 2.05) is 0 Å². The maximum atomic E-state index is 2.54. The maximum Gasteiger partial charge on any atom is 0.332 e. The summed E-state index contributed by atoms with van der Waals surface area (Å²) in [4.78, 5) is 0. The fourth-order valence-electron chi connectivity index (χ4n) is 7.94. The van der Waals surface area contributed by atoms with Crippen LogP contribution < -0.4 is 10.9 Å². The van der Waals surface area contributed by atoms with Crippen molar-refractivity contribution in [3.8, 4) is 16.8 Å². The minimum Gasteiger partial charge on any atom is -0.382 e. The van der Waals surface area contributed by atoms with E-state index in [1.54, 1.807) is 0 Å². The number of benzene rings is 6. The van der Waals surface area contributed by atoms with Gasteiger partial charge >= 0.3 is 6.85 Å². The Bertz CT molecular complexity index is 2360. The molecule has 0 saturated heterocycles. The van der Waals surface area contributed by atoms with Crippen LogP contribution in [0.15, 0.2) is 97.3 Å². The van der Waals surface area contributed by atoms with E-state index in [2.05, 4.69) is 127 Å². The molecule has 0 N–H and O–H groups in total. The van der Waals surface area contributed by atoms with Crippen LogP contribution in [0.25, 0.3) is 70.9 Å². The fourth-order valence-corrected chi connectivity index (χ4v) is 7.94.